The zero-order chi connectivity index (χ0) is 18.1. The van der Waals surface area contributed by atoms with Crippen molar-refractivity contribution in [2.75, 3.05) is 7.11 Å². The van der Waals surface area contributed by atoms with Crippen LogP contribution >= 0.6 is 0 Å². The van der Waals surface area contributed by atoms with Gasteiger partial charge >= 0.3 is 0 Å². The maximum atomic E-state index is 12.6. The molecule has 1 aromatic heterocycles. The quantitative estimate of drug-likeness (QED) is 0.554. The van der Waals surface area contributed by atoms with Crippen LogP contribution in [0.1, 0.15) is 15.9 Å². The first kappa shape index (κ1) is 15.9. The van der Waals surface area contributed by atoms with Crippen molar-refractivity contribution < 1.29 is 19.1 Å². The monoisotopic (exact) mass is 345 g/mol. The van der Waals surface area contributed by atoms with Crippen LogP contribution < -0.4 is 4.74 Å². The van der Waals surface area contributed by atoms with Gasteiger partial charge in [0.05, 0.1) is 12.7 Å². The number of methoxy groups -OCH3 is 1. The summed E-state index contributed by atoms with van der Waals surface area (Å²) in [5.41, 5.74) is 2.96. The number of benzene rings is 3. The van der Waals surface area contributed by atoms with Crippen molar-refractivity contribution >= 4 is 16.9 Å². The Morgan fingerprint density at radius 1 is 1.04 bits per heavy atom. The third kappa shape index (κ3) is 2.80. The van der Waals surface area contributed by atoms with Gasteiger partial charge in [0.25, 0.3) is 0 Å². The molecule has 0 spiro atoms. The van der Waals surface area contributed by atoms with Gasteiger partial charge in [0, 0.05) is 17.2 Å². The minimum atomic E-state index is -0.269. The number of carbonyl (C=O) groups is 1. The number of hydrogen-bond acceptors (Lipinski definition) is 5. The predicted octanol–water partition coefficient (Wildman–Crippen LogP) is 4.44. The van der Waals surface area contributed by atoms with E-state index in [9.17, 15) is 9.90 Å². The minimum absolute atomic E-state index is 0.114. The molecule has 5 heteroatoms. The number of fused-ring (bicyclic) bond motifs is 1. The van der Waals surface area contributed by atoms with Crippen LogP contribution in [0.4, 0.5) is 0 Å². The predicted molar refractivity (Wildman–Crippen MR) is 97.5 cm³/mol. The van der Waals surface area contributed by atoms with Crippen LogP contribution in [0.3, 0.4) is 0 Å². The van der Waals surface area contributed by atoms with Crippen molar-refractivity contribution in [1.29, 1.82) is 0 Å². The number of oxazole rings is 1. The van der Waals surface area contributed by atoms with E-state index in [1.54, 1.807) is 36.4 Å². The number of aromatic hydroxyl groups is 1. The normalized spacial score (nSPS) is 10.8. The summed E-state index contributed by atoms with van der Waals surface area (Å²) in [7, 11) is 1.50. The Morgan fingerprint density at radius 3 is 2.50 bits per heavy atom. The number of hydrogen-bond donors (Lipinski definition) is 1. The molecule has 1 heterocycles. The number of phenolic OH excluding ortho intramolecular Hbond substituents is 1. The third-order valence-electron chi connectivity index (χ3n) is 4.14. The molecule has 0 amide bonds. The average molecular weight is 345 g/mol. The van der Waals surface area contributed by atoms with Gasteiger partial charge in [-0.1, -0.05) is 24.3 Å². The number of phenols is 1. The highest BCUT2D eigenvalue weighted by atomic mass is 16.5. The molecule has 5 nitrogen and oxygen atoms in total. The van der Waals surface area contributed by atoms with E-state index < -0.39 is 0 Å². The number of ether oxygens (including phenoxy) is 1. The molecule has 0 fully saturated rings. The lowest BCUT2D eigenvalue weighted by Crippen LogP contribution is -2.01. The van der Waals surface area contributed by atoms with Gasteiger partial charge in [-0.2, -0.15) is 0 Å². The molecule has 0 aliphatic heterocycles. The smallest absolute Gasteiger partial charge is 0.227 e. The second-order valence-electron chi connectivity index (χ2n) is 5.78. The van der Waals surface area contributed by atoms with Gasteiger partial charge in [-0.25, -0.2) is 4.98 Å². The van der Waals surface area contributed by atoms with E-state index in [4.69, 9.17) is 9.15 Å². The zero-order valence-electron chi connectivity index (χ0n) is 14.0. The van der Waals surface area contributed by atoms with Crippen LogP contribution in [0.5, 0.6) is 11.5 Å². The van der Waals surface area contributed by atoms with Gasteiger partial charge < -0.3 is 14.3 Å². The summed E-state index contributed by atoms with van der Waals surface area (Å²) >= 11 is 0. The van der Waals surface area contributed by atoms with Crippen molar-refractivity contribution in [2.45, 2.75) is 0 Å². The first-order valence-electron chi connectivity index (χ1n) is 8.03. The molecule has 3 aromatic carbocycles. The topological polar surface area (TPSA) is 72.6 Å². The fraction of sp³-hybridized carbons (Fsp3) is 0.0476. The number of ketones is 1. The summed E-state index contributed by atoms with van der Waals surface area (Å²) in [5, 5.41) is 10.0. The number of carbonyl (C=O) groups excluding carboxylic acids is 1. The lowest BCUT2D eigenvalue weighted by Gasteiger charge is -2.06. The van der Waals surface area contributed by atoms with E-state index >= 15 is 0 Å². The van der Waals surface area contributed by atoms with Crippen LogP contribution in [0.15, 0.2) is 71.1 Å². The number of para-hydroxylation sites is 2. The van der Waals surface area contributed by atoms with E-state index in [1.807, 2.05) is 24.3 Å². The van der Waals surface area contributed by atoms with Crippen LogP contribution in [0, 0.1) is 0 Å². The molecule has 0 radical (unpaired) electrons. The second kappa shape index (κ2) is 6.37. The summed E-state index contributed by atoms with van der Waals surface area (Å²) in [6, 6.07) is 19.1. The molecule has 4 aromatic rings. The van der Waals surface area contributed by atoms with Crippen LogP contribution in [0.25, 0.3) is 22.6 Å². The Kier molecular flexibility index (Phi) is 3.89. The molecule has 4 rings (SSSR count). The molecule has 128 valence electrons. The molecule has 0 unspecified atom stereocenters. The Balaban J connectivity index is 1.64. The van der Waals surface area contributed by atoms with Gasteiger partial charge in [-0.3, -0.25) is 4.79 Å². The fourth-order valence-electron chi connectivity index (χ4n) is 2.75. The molecular formula is C21H15NO4. The SMILES string of the molecule is COc1ccc(C(=O)c2ccc(-c3nc4ccccc4o3)cc2)c(O)c1. The van der Waals surface area contributed by atoms with Crippen LogP contribution in [0.2, 0.25) is 0 Å². The molecule has 26 heavy (non-hydrogen) atoms. The van der Waals surface area contributed by atoms with E-state index in [-0.39, 0.29) is 17.1 Å². The van der Waals surface area contributed by atoms with Crippen molar-refractivity contribution in [3.05, 3.63) is 77.9 Å². The third-order valence-corrected chi connectivity index (χ3v) is 4.14. The zero-order valence-corrected chi connectivity index (χ0v) is 14.0. The van der Waals surface area contributed by atoms with E-state index in [0.717, 1.165) is 11.1 Å². The first-order valence-corrected chi connectivity index (χ1v) is 8.03. The maximum Gasteiger partial charge on any atom is 0.227 e. The molecule has 0 aliphatic carbocycles. The largest absolute Gasteiger partial charge is 0.507 e. The van der Waals surface area contributed by atoms with E-state index in [2.05, 4.69) is 4.98 Å². The van der Waals surface area contributed by atoms with E-state index in [0.29, 0.717) is 22.8 Å². The van der Waals surface area contributed by atoms with Gasteiger partial charge in [-0.15, -0.1) is 0 Å². The van der Waals surface area contributed by atoms with Gasteiger partial charge in [0.1, 0.15) is 17.0 Å². The molecule has 0 atom stereocenters. The van der Waals surface area contributed by atoms with Crippen molar-refractivity contribution in [3.8, 4) is 23.0 Å². The first-order chi connectivity index (χ1) is 12.7. The fourth-order valence-corrected chi connectivity index (χ4v) is 2.75. The summed E-state index contributed by atoms with van der Waals surface area (Å²) < 4.78 is 10.8. The van der Waals surface area contributed by atoms with Crippen LogP contribution in [-0.2, 0) is 0 Å². The number of rotatable bonds is 4. The molecule has 0 aliphatic rings. The lowest BCUT2D eigenvalue weighted by molar-refractivity contribution is 0.103. The van der Waals surface area contributed by atoms with Gasteiger partial charge in [-0.05, 0) is 36.4 Å². The van der Waals surface area contributed by atoms with Crippen molar-refractivity contribution in [3.63, 3.8) is 0 Å². The molecule has 1 N–H and O–H groups in total. The number of aromatic nitrogens is 1. The lowest BCUT2D eigenvalue weighted by atomic mass is 10.0. The minimum Gasteiger partial charge on any atom is -0.507 e. The summed E-state index contributed by atoms with van der Waals surface area (Å²) in [5.74, 6) is 0.606. The maximum absolute atomic E-state index is 12.6. The number of nitrogens with zero attached hydrogens (tertiary/aromatic N) is 1. The van der Waals surface area contributed by atoms with Crippen molar-refractivity contribution in [1.82, 2.24) is 4.98 Å². The molecule has 0 saturated heterocycles. The van der Waals surface area contributed by atoms with Crippen molar-refractivity contribution in [2.24, 2.45) is 0 Å². The molecule has 0 bridgehead atoms. The van der Waals surface area contributed by atoms with E-state index in [1.165, 1.54) is 13.2 Å². The Morgan fingerprint density at radius 2 is 1.81 bits per heavy atom. The Bertz CT molecular complexity index is 1060. The average Bonchev–Trinajstić information content (AvgIpc) is 3.11. The highest BCUT2D eigenvalue weighted by molar-refractivity contribution is 6.10. The standard InChI is InChI=1S/C21H15NO4/c1-25-15-10-11-16(18(23)12-15)20(24)13-6-8-14(9-7-13)21-22-17-4-2-3-5-19(17)26-21/h2-12,23H,1H3. The van der Waals surface area contributed by atoms with Gasteiger partial charge in [0.2, 0.25) is 5.89 Å². The molecule has 0 saturated carbocycles. The summed E-state index contributed by atoms with van der Waals surface area (Å²) in [6.45, 7) is 0. The Labute approximate surface area is 149 Å². The van der Waals surface area contributed by atoms with Gasteiger partial charge in [0.15, 0.2) is 11.4 Å². The Hall–Kier alpha value is -3.60. The summed E-state index contributed by atoms with van der Waals surface area (Å²) in [4.78, 5) is 17.1. The second-order valence-corrected chi connectivity index (χ2v) is 5.78. The molecular weight excluding hydrogens is 330 g/mol. The highest BCUT2D eigenvalue weighted by Crippen LogP contribution is 2.28. The highest BCUT2D eigenvalue weighted by Gasteiger charge is 2.15. The summed E-state index contributed by atoms with van der Waals surface area (Å²) in [6.07, 6.45) is 0. The van der Waals surface area contributed by atoms with Crippen LogP contribution in [-0.4, -0.2) is 23.0 Å².